The standard InChI is InChI=1S/C28H17N3O/c1-29-15-12-17-16-10-11-22-25-23(16)27-19(26(17)29)7-5-14-31(27)28(25)24-18(6-4-9-21(24)32-22)20-8-2-3-13-30(20)28/h2-15H,1H3/q+2. The molecule has 0 amide bonds. The van der Waals surface area contributed by atoms with Crippen molar-refractivity contribution >= 4 is 32.6 Å². The van der Waals surface area contributed by atoms with Crippen molar-refractivity contribution in [1.29, 1.82) is 0 Å². The SMILES string of the molecule is C[n+]1ccc2c3ccc4c5c3c3c(cccn3C53c5c(cccc5-c5cccc[n+]53)O4)c21. The number of pyridine rings is 2. The summed E-state index contributed by atoms with van der Waals surface area (Å²) in [7, 11) is 2.14. The monoisotopic (exact) mass is 411 g/mol. The molecule has 0 saturated carbocycles. The summed E-state index contributed by atoms with van der Waals surface area (Å²) in [6, 6.07) is 24.1. The lowest BCUT2D eigenvalue weighted by Gasteiger charge is -2.31. The number of hydrogen-bond donors (Lipinski definition) is 0. The molecule has 0 saturated heterocycles. The van der Waals surface area contributed by atoms with Crippen LogP contribution in [0.2, 0.25) is 0 Å². The summed E-state index contributed by atoms with van der Waals surface area (Å²) in [6.07, 6.45) is 6.65. The van der Waals surface area contributed by atoms with E-state index in [4.69, 9.17) is 4.74 Å². The number of ether oxygens (including phenoxy) is 1. The molecule has 0 bridgehead atoms. The molecule has 32 heavy (non-hydrogen) atoms. The second-order valence-corrected chi connectivity index (χ2v) is 9.10. The number of nitrogens with zero attached hydrogens (tertiary/aromatic N) is 3. The Morgan fingerprint density at radius 1 is 0.781 bits per heavy atom. The minimum absolute atomic E-state index is 0.477. The van der Waals surface area contributed by atoms with Crippen LogP contribution in [-0.2, 0) is 12.7 Å². The van der Waals surface area contributed by atoms with Crippen molar-refractivity contribution in [1.82, 2.24) is 4.57 Å². The zero-order chi connectivity index (χ0) is 20.8. The molecule has 1 atom stereocenters. The van der Waals surface area contributed by atoms with E-state index in [2.05, 4.69) is 106 Å². The molecule has 3 aromatic heterocycles. The maximum absolute atomic E-state index is 6.60. The Bertz CT molecular complexity index is 1880. The topological polar surface area (TPSA) is 21.9 Å². The molecule has 0 aliphatic carbocycles. The molecule has 4 heteroatoms. The molecule has 1 unspecified atom stereocenters. The van der Waals surface area contributed by atoms with Crippen LogP contribution in [0.15, 0.2) is 85.3 Å². The normalized spacial score (nSPS) is 18.5. The molecule has 3 aromatic carbocycles. The van der Waals surface area contributed by atoms with E-state index < -0.39 is 5.66 Å². The largest absolute Gasteiger partial charge is 0.456 e. The van der Waals surface area contributed by atoms with Gasteiger partial charge in [0.05, 0.1) is 21.9 Å². The highest BCUT2D eigenvalue weighted by atomic mass is 16.5. The quantitative estimate of drug-likeness (QED) is 0.261. The highest BCUT2D eigenvalue weighted by molar-refractivity contribution is 6.25. The molecule has 6 aromatic rings. The lowest BCUT2D eigenvalue weighted by molar-refractivity contribution is -0.733. The van der Waals surface area contributed by atoms with Gasteiger partial charge in [-0.2, -0.15) is 4.57 Å². The van der Waals surface area contributed by atoms with Crippen LogP contribution in [0.25, 0.3) is 43.8 Å². The first-order valence-corrected chi connectivity index (χ1v) is 11.0. The number of aryl methyl sites for hydroxylation is 1. The van der Waals surface area contributed by atoms with Crippen LogP contribution in [-0.4, -0.2) is 4.57 Å². The average Bonchev–Trinajstić information content (AvgIpc) is 3.47. The number of benzene rings is 3. The Morgan fingerprint density at radius 2 is 1.72 bits per heavy atom. The van der Waals surface area contributed by atoms with Gasteiger partial charge in [-0.3, -0.25) is 4.57 Å². The Kier molecular flexibility index (Phi) is 2.28. The van der Waals surface area contributed by atoms with E-state index in [1.165, 1.54) is 55.0 Å². The summed E-state index contributed by atoms with van der Waals surface area (Å²) in [5, 5.41) is 5.17. The van der Waals surface area contributed by atoms with Crippen LogP contribution in [0.5, 0.6) is 11.5 Å². The van der Waals surface area contributed by atoms with Crippen molar-refractivity contribution in [2.75, 3.05) is 0 Å². The van der Waals surface area contributed by atoms with Crippen molar-refractivity contribution in [3.8, 4) is 22.8 Å². The van der Waals surface area contributed by atoms with Crippen molar-refractivity contribution < 1.29 is 13.9 Å². The third-order valence-corrected chi connectivity index (χ3v) is 7.79. The fourth-order valence-electron chi connectivity index (χ4n) is 6.77. The third-order valence-electron chi connectivity index (χ3n) is 7.79. The van der Waals surface area contributed by atoms with Gasteiger partial charge in [0.25, 0.3) is 0 Å². The molecule has 3 aliphatic rings. The van der Waals surface area contributed by atoms with Crippen molar-refractivity contribution in [3.05, 3.63) is 96.4 Å². The van der Waals surface area contributed by atoms with Crippen LogP contribution in [0.1, 0.15) is 11.1 Å². The minimum Gasteiger partial charge on any atom is -0.456 e. The van der Waals surface area contributed by atoms with Crippen molar-refractivity contribution in [3.63, 3.8) is 0 Å². The summed E-state index contributed by atoms with van der Waals surface area (Å²) >= 11 is 0. The fourth-order valence-corrected chi connectivity index (χ4v) is 6.77. The minimum atomic E-state index is -0.477. The van der Waals surface area contributed by atoms with Crippen LogP contribution >= 0.6 is 0 Å². The summed E-state index contributed by atoms with van der Waals surface area (Å²) in [6.45, 7) is 0. The van der Waals surface area contributed by atoms with Gasteiger partial charge in [-0.05, 0) is 47.9 Å². The first-order valence-electron chi connectivity index (χ1n) is 11.0. The van der Waals surface area contributed by atoms with E-state index in [0.717, 1.165) is 11.5 Å². The Hall–Kier alpha value is -4.18. The predicted octanol–water partition coefficient (Wildman–Crippen LogP) is 4.76. The van der Waals surface area contributed by atoms with Gasteiger partial charge in [0, 0.05) is 29.8 Å². The molecular formula is C28H17N3O+2. The van der Waals surface area contributed by atoms with Gasteiger partial charge < -0.3 is 4.74 Å². The molecule has 0 N–H and O–H groups in total. The molecule has 0 fully saturated rings. The molecule has 6 heterocycles. The number of aromatic nitrogens is 3. The zero-order valence-corrected chi connectivity index (χ0v) is 17.3. The number of fused-ring (bicyclic) bond motifs is 5. The Balaban J connectivity index is 1.66. The van der Waals surface area contributed by atoms with E-state index in [1.807, 2.05) is 0 Å². The molecular weight excluding hydrogens is 394 g/mol. The third kappa shape index (κ3) is 1.34. The molecule has 9 rings (SSSR count). The Morgan fingerprint density at radius 3 is 2.69 bits per heavy atom. The van der Waals surface area contributed by atoms with Crippen LogP contribution in [0.3, 0.4) is 0 Å². The van der Waals surface area contributed by atoms with Gasteiger partial charge in [-0.1, -0.05) is 6.07 Å². The summed E-state index contributed by atoms with van der Waals surface area (Å²) < 4.78 is 13.8. The highest BCUT2D eigenvalue weighted by Crippen LogP contribution is 2.60. The van der Waals surface area contributed by atoms with E-state index in [9.17, 15) is 0 Å². The number of hydrogen-bond acceptors (Lipinski definition) is 1. The van der Waals surface area contributed by atoms with Gasteiger partial charge in [-0.25, -0.2) is 4.57 Å². The summed E-state index contributed by atoms with van der Waals surface area (Å²) in [5.41, 5.74) is 7.05. The van der Waals surface area contributed by atoms with E-state index in [-0.39, 0.29) is 0 Å². The van der Waals surface area contributed by atoms with E-state index in [0.29, 0.717) is 0 Å². The molecule has 4 nitrogen and oxygen atoms in total. The lowest BCUT2D eigenvalue weighted by atomic mass is 9.86. The van der Waals surface area contributed by atoms with Crippen LogP contribution < -0.4 is 13.9 Å². The van der Waals surface area contributed by atoms with Crippen molar-refractivity contribution in [2.24, 2.45) is 7.05 Å². The van der Waals surface area contributed by atoms with Gasteiger partial charge in [-0.15, -0.1) is 0 Å². The molecule has 3 aliphatic heterocycles. The van der Waals surface area contributed by atoms with Crippen LogP contribution in [0, 0.1) is 0 Å². The zero-order valence-electron chi connectivity index (χ0n) is 17.3. The highest BCUT2D eigenvalue weighted by Gasteiger charge is 2.63. The lowest BCUT2D eigenvalue weighted by Crippen LogP contribution is -2.59. The van der Waals surface area contributed by atoms with E-state index in [1.54, 1.807) is 0 Å². The average molecular weight is 411 g/mol. The predicted molar refractivity (Wildman–Crippen MR) is 122 cm³/mol. The molecule has 148 valence electrons. The summed E-state index contributed by atoms with van der Waals surface area (Å²) in [4.78, 5) is 0. The van der Waals surface area contributed by atoms with Gasteiger partial charge in [0.2, 0.25) is 11.2 Å². The smallest absolute Gasteiger partial charge is 0.309 e. The fraction of sp³-hybridized carbons (Fsp3) is 0.0714. The maximum atomic E-state index is 6.60. The second kappa shape index (κ2) is 4.68. The van der Waals surface area contributed by atoms with Crippen molar-refractivity contribution in [2.45, 2.75) is 5.66 Å². The molecule has 0 radical (unpaired) electrons. The maximum Gasteiger partial charge on any atom is 0.309 e. The molecule has 1 spiro atoms. The first kappa shape index (κ1) is 15.6. The van der Waals surface area contributed by atoms with Crippen LogP contribution in [0.4, 0.5) is 0 Å². The van der Waals surface area contributed by atoms with Gasteiger partial charge in [0.1, 0.15) is 29.7 Å². The number of rotatable bonds is 0. The first-order chi connectivity index (χ1) is 15.8. The van der Waals surface area contributed by atoms with E-state index >= 15 is 0 Å². The van der Waals surface area contributed by atoms with Gasteiger partial charge >= 0.3 is 5.66 Å². The second-order valence-electron chi connectivity index (χ2n) is 9.10. The summed E-state index contributed by atoms with van der Waals surface area (Å²) in [5.74, 6) is 1.89. The van der Waals surface area contributed by atoms with Gasteiger partial charge in [0.15, 0.2) is 12.4 Å². The Labute approximate surface area is 183 Å².